The van der Waals surface area contributed by atoms with Gasteiger partial charge in [0.25, 0.3) is 0 Å². The van der Waals surface area contributed by atoms with E-state index in [1.165, 1.54) is 0 Å². The van der Waals surface area contributed by atoms with Crippen LogP contribution in [-0.2, 0) is 4.74 Å². The molecule has 1 rings (SSSR count). The van der Waals surface area contributed by atoms with E-state index < -0.39 is 0 Å². The van der Waals surface area contributed by atoms with Crippen LogP contribution in [0.4, 0.5) is 5.95 Å². The lowest BCUT2D eigenvalue weighted by atomic mass is 10.3. The molecule has 1 heterocycles. The van der Waals surface area contributed by atoms with Crippen LogP contribution in [0.15, 0.2) is 6.20 Å². The van der Waals surface area contributed by atoms with Gasteiger partial charge in [0.1, 0.15) is 6.10 Å². The van der Waals surface area contributed by atoms with Crippen LogP contribution in [0.25, 0.3) is 0 Å². The third-order valence-corrected chi connectivity index (χ3v) is 2.33. The van der Waals surface area contributed by atoms with Crippen molar-refractivity contribution in [2.24, 2.45) is 0 Å². The van der Waals surface area contributed by atoms with Gasteiger partial charge in [-0.25, -0.2) is 4.98 Å². The van der Waals surface area contributed by atoms with Crippen molar-refractivity contribution in [1.82, 2.24) is 9.97 Å². The number of hydrogen-bond acceptors (Lipinski definition) is 5. The Hall–Kier alpha value is -1.36. The lowest BCUT2D eigenvalue weighted by molar-refractivity contribution is 0.0630. The van der Waals surface area contributed by atoms with Gasteiger partial charge in [-0.05, 0) is 27.2 Å². The summed E-state index contributed by atoms with van der Waals surface area (Å²) in [5.74, 6) is 1.23. The summed E-state index contributed by atoms with van der Waals surface area (Å²) in [7, 11) is 0. The Morgan fingerprint density at radius 1 is 1.39 bits per heavy atom. The van der Waals surface area contributed by atoms with E-state index in [1.807, 2.05) is 20.8 Å². The summed E-state index contributed by atoms with van der Waals surface area (Å²) in [5, 5.41) is 3.14. The van der Waals surface area contributed by atoms with Gasteiger partial charge in [0, 0.05) is 24.9 Å². The molecule has 0 saturated heterocycles. The van der Waals surface area contributed by atoms with Crippen molar-refractivity contribution in [3.05, 3.63) is 11.8 Å². The minimum atomic E-state index is -0.0161. The summed E-state index contributed by atoms with van der Waals surface area (Å²) >= 11 is 0. The predicted molar refractivity (Wildman–Crippen MR) is 72.1 cm³/mol. The second-order valence-electron chi connectivity index (χ2n) is 4.20. The number of nitrogens with zero attached hydrogens (tertiary/aromatic N) is 2. The van der Waals surface area contributed by atoms with Crippen LogP contribution in [-0.4, -0.2) is 35.8 Å². The molecule has 0 aliphatic rings. The summed E-state index contributed by atoms with van der Waals surface area (Å²) in [5.41, 5.74) is 0.931. The number of hydrogen-bond donors (Lipinski definition) is 1. The Morgan fingerprint density at radius 3 is 2.83 bits per heavy atom. The average molecular weight is 253 g/mol. The summed E-state index contributed by atoms with van der Waals surface area (Å²) in [4.78, 5) is 8.57. The molecule has 1 unspecified atom stereocenters. The largest absolute Gasteiger partial charge is 0.472 e. The van der Waals surface area contributed by atoms with Crippen LogP contribution < -0.4 is 10.1 Å². The minimum Gasteiger partial charge on any atom is -0.472 e. The topological polar surface area (TPSA) is 56.3 Å². The van der Waals surface area contributed by atoms with E-state index in [9.17, 15) is 0 Å². The number of rotatable bonds is 8. The van der Waals surface area contributed by atoms with Gasteiger partial charge in [0.05, 0.1) is 6.61 Å². The molecule has 0 fully saturated rings. The summed E-state index contributed by atoms with van der Waals surface area (Å²) in [6, 6.07) is 0. The first-order valence-corrected chi connectivity index (χ1v) is 6.49. The monoisotopic (exact) mass is 253 g/mol. The molecule has 0 spiro atoms. The van der Waals surface area contributed by atoms with E-state index in [0.717, 1.165) is 18.5 Å². The number of aromatic nitrogens is 2. The van der Waals surface area contributed by atoms with Crippen molar-refractivity contribution < 1.29 is 9.47 Å². The van der Waals surface area contributed by atoms with E-state index >= 15 is 0 Å². The third kappa shape index (κ3) is 4.87. The third-order valence-electron chi connectivity index (χ3n) is 2.33. The van der Waals surface area contributed by atoms with Gasteiger partial charge < -0.3 is 14.8 Å². The second kappa shape index (κ2) is 7.87. The smallest absolute Gasteiger partial charge is 0.225 e. The van der Waals surface area contributed by atoms with Crippen molar-refractivity contribution in [3.8, 4) is 5.88 Å². The van der Waals surface area contributed by atoms with Gasteiger partial charge in [-0.1, -0.05) is 6.92 Å². The van der Waals surface area contributed by atoms with Crippen LogP contribution in [0.2, 0.25) is 0 Å². The zero-order valence-corrected chi connectivity index (χ0v) is 11.7. The highest BCUT2D eigenvalue weighted by Crippen LogP contribution is 2.16. The highest BCUT2D eigenvalue weighted by molar-refractivity contribution is 5.32. The van der Waals surface area contributed by atoms with Crippen molar-refractivity contribution in [3.63, 3.8) is 0 Å². The first kappa shape index (κ1) is 14.7. The van der Waals surface area contributed by atoms with Gasteiger partial charge in [0.2, 0.25) is 11.8 Å². The lowest BCUT2D eigenvalue weighted by Gasteiger charge is -2.15. The zero-order chi connectivity index (χ0) is 13.4. The molecule has 5 heteroatoms. The van der Waals surface area contributed by atoms with Crippen molar-refractivity contribution in [1.29, 1.82) is 0 Å². The molecule has 0 aliphatic carbocycles. The fraction of sp³-hybridized carbons (Fsp3) is 0.692. The molecule has 1 aromatic rings. The molecule has 18 heavy (non-hydrogen) atoms. The van der Waals surface area contributed by atoms with Gasteiger partial charge in [-0.2, -0.15) is 4.98 Å². The number of ether oxygens (including phenoxy) is 2. The van der Waals surface area contributed by atoms with Crippen molar-refractivity contribution in [2.45, 2.75) is 40.2 Å². The van der Waals surface area contributed by atoms with Crippen LogP contribution in [0.3, 0.4) is 0 Å². The van der Waals surface area contributed by atoms with E-state index in [-0.39, 0.29) is 6.10 Å². The van der Waals surface area contributed by atoms with Gasteiger partial charge in [-0.15, -0.1) is 0 Å². The minimum absolute atomic E-state index is 0.0161. The molecule has 0 saturated carbocycles. The van der Waals surface area contributed by atoms with Crippen LogP contribution >= 0.6 is 0 Å². The van der Waals surface area contributed by atoms with Crippen molar-refractivity contribution >= 4 is 5.95 Å². The first-order chi connectivity index (χ1) is 8.67. The molecular formula is C13H23N3O2. The Balaban J connectivity index is 2.62. The normalized spacial score (nSPS) is 12.2. The fourth-order valence-corrected chi connectivity index (χ4v) is 1.38. The fourth-order valence-electron chi connectivity index (χ4n) is 1.38. The maximum absolute atomic E-state index is 5.75. The molecule has 1 atom stereocenters. The molecule has 0 amide bonds. The quantitative estimate of drug-likeness (QED) is 0.771. The second-order valence-corrected chi connectivity index (χ2v) is 4.20. The Morgan fingerprint density at radius 2 is 2.17 bits per heavy atom. The van der Waals surface area contributed by atoms with E-state index in [2.05, 4.69) is 22.2 Å². The number of anilines is 1. The van der Waals surface area contributed by atoms with Gasteiger partial charge >= 0.3 is 0 Å². The molecule has 0 aliphatic heterocycles. The highest BCUT2D eigenvalue weighted by atomic mass is 16.5. The number of nitrogens with one attached hydrogen (secondary N) is 1. The van der Waals surface area contributed by atoms with E-state index in [4.69, 9.17) is 9.47 Å². The standard InChI is InChI=1S/C13H23N3O2/c1-5-7-14-13-15-8-10(3)12(16-13)18-11(4)9-17-6-2/h8,11H,5-7,9H2,1-4H3,(H,14,15,16). The predicted octanol–water partition coefficient (Wildman–Crippen LogP) is 2.41. The van der Waals surface area contributed by atoms with E-state index in [0.29, 0.717) is 25.0 Å². The Labute approximate surface area is 109 Å². The average Bonchev–Trinajstić information content (AvgIpc) is 2.37. The van der Waals surface area contributed by atoms with Crippen LogP contribution in [0.1, 0.15) is 32.8 Å². The molecule has 5 nitrogen and oxygen atoms in total. The molecule has 1 aromatic heterocycles. The summed E-state index contributed by atoms with van der Waals surface area (Å²) in [6.45, 7) is 10.1. The molecule has 1 N–H and O–H groups in total. The SMILES string of the molecule is CCCNc1ncc(C)c(OC(C)COCC)n1. The molecule has 0 aromatic carbocycles. The van der Waals surface area contributed by atoms with Gasteiger partial charge in [0.15, 0.2) is 0 Å². The Bertz CT molecular complexity index is 358. The Kier molecular flexibility index (Phi) is 6.43. The maximum atomic E-state index is 5.75. The number of aryl methyl sites for hydroxylation is 1. The molecular weight excluding hydrogens is 230 g/mol. The van der Waals surface area contributed by atoms with E-state index in [1.54, 1.807) is 6.20 Å². The summed E-state index contributed by atoms with van der Waals surface area (Å²) in [6.07, 6.45) is 2.79. The lowest BCUT2D eigenvalue weighted by Crippen LogP contribution is -2.20. The zero-order valence-electron chi connectivity index (χ0n) is 11.7. The van der Waals surface area contributed by atoms with Gasteiger partial charge in [-0.3, -0.25) is 0 Å². The molecule has 0 bridgehead atoms. The highest BCUT2D eigenvalue weighted by Gasteiger charge is 2.09. The first-order valence-electron chi connectivity index (χ1n) is 6.49. The summed E-state index contributed by atoms with van der Waals surface area (Å²) < 4.78 is 11.1. The van der Waals surface area contributed by atoms with Crippen LogP contribution in [0, 0.1) is 6.92 Å². The molecule has 0 radical (unpaired) electrons. The molecule has 102 valence electrons. The van der Waals surface area contributed by atoms with Crippen molar-refractivity contribution in [2.75, 3.05) is 25.1 Å². The van der Waals surface area contributed by atoms with Crippen LogP contribution in [0.5, 0.6) is 5.88 Å². The maximum Gasteiger partial charge on any atom is 0.225 e.